The molecule has 0 fully saturated rings. The Morgan fingerprint density at radius 1 is 1.18 bits per heavy atom. The van der Waals surface area contributed by atoms with Crippen LogP contribution in [0.15, 0.2) is 18.2 Å². The SMILES string of the molecule is COC(C)(C)CC(C)Nc1cc(C)cc(C)c1. The number of ether oxygens (including phenoxy) is 1. The summed E-state index contributed by atoms with van der Waals surface area (Å²) < 4.78 is 5.45. The lowest BCUT2D eigenvalue weighted by atomic mass is 9.99. The molecule has 2 heteroatoms. The van der Waals surface area contributed by atoms with Gasteiger partial charge in [-0.3, -0.25) is 0 Å². The van der Waals surface area contributed by atoms with Crippen LogP contribution in [0, 0.1) is 13.8 Å². The van der Waals surface area contributed by atoms with E-state index in [2.05, 4.69) is 58.1 Å². The fourth-order valence-corrected chi connectivity index (χ4v) is 2.21. The largest absolute Gasteiger partial charge is 0.382 e. The van der Waals surface area contributed by atoms with Crippen molar-refractivity contribution in [1.82, 2.24) is 0 Å². The Labute approximate surface area is 105 Å². The molecule has 1 aromatic rings. The molecule has 0 radical (unpaired) electrons. The van der Waals surface area contributed by atoms with Crippen LogP contribution < -0.4 is 5.32 Å². The van der Waals surface area contributed by atoms with Crippen LogP contribution in [-0.2, 0) is 4.74 Å². The maximum Gasteiger partial charge on any atom is 0.0642 e. The number of hydrogen-bond acceptors (Lipinski definition) is 2. The number of benzene rings is 1. The van der Waals surface area contributed by atoms with Gasteiger partial charge < -0.3 is 10.1 Å². The van der Waals surface area contributed by atoms with Gasteiger partial charge >= 0.3 is 0 Å². The van der Waals surface area contributed by atoms with E-state index in [1.807, 2.05) is 0 Å². The van der Waals surface area contributed by atoms with Gasteiger partial charge in [-0.25, -0.2) is 0 Å². The molecule has 0 saturated heterocycles. The highest BCUT2D eigenvalue weighted by Crippen LogP contribution is 2.20. The van der Waals surface area contributed by atoms with Crippen LogP contribution in [0.4, 0.5) is 5.69 Å². The molecule has 0 saturated carbocycles. The summed E-state index contributed by atoms with van der Waals surface area (Å²) >= 11 is 0. The molecule has 0 heterocycles. The normalized spacial score (nSPS) is 13.5. The van der Waals surface area contributed by atoms with Gasteiger partial charge in [-0.2, -0.15) is 0 Å². The molecule has 1 N–H and O–H groups in total. The molecule has 0 aromatic heterocycles. The van der Waals surface area contributed by atoms with Crippen LogP contribution in [0.2, 0.25) is 0 Å². The van der Waals surface area contributed by atoms with Crippen molar-refractivity contribution in [3.8, 4) is 0 Å². The lowest BCUT2D eigenvalue weighted by Crippen LogP contribution is -2.31. The number of anilines is 1. The van der Waals surface area contributed by atoms with Gasteiger partial charge in [-0.05, 0) is 64.3 Å². The highest BCUT2D eigenvalue weighted by atomic mass is 16.5. The number of hydrogen-bond donors (Lipinski definition) is 1. The first-order chi connectivity index (χ1) is 7.82. The first-order valence-corrected chi connectivity index (χ1v) is 6.22. The van der Waals surface area contributed by atoms with Crippen molar-refractivity contribution in [3.05, 3.63) is 29.3 Å². The molecule has 0 aliphatic rings. The van der Waals surface area contributed by atoms with Gasteiger partial charge in [-0.1, -0.05) is 6.07 Å². The Hall–Kier alpha value is -1.02. The minimum absolute atomic E-state index is 0.0781. The number of methoxy groups -OCH3 is 1. The van der Waals surface area contributed by atoms with E-state index in [9.17, 15) is 0 Å². The van der Waals surface area contributed by atoms with E-state index in [-0.39, 0.29) is 5.60 Å². The van der Waals surface area contributed by atoms with E-state index in [1.54, 1.807) is 7.11 Å². The van der Waals surface area contributed by atoms with Crippen LogP contribution >= 0.6 is 0 Å². The molecule has 1 rings (SSSR count). The molecule has 0 aliphatic heterocycles. The maximum absolute atomic E-state index is 5.45. The van der Waals surface area contributed by atoms with Crippen molar-refractivity contribution >= 4 is 5.69 Å². The van der Waals surface area contributed by atoms with Crippen molar-refractivity contribution in [2.45, 2.75) is 52.7 Å². The average molecular weight is 235 g/mol. The third-order valence-corrected chi connectivity index (χ3v) is 2.99. The molecule has 0 spiro atoms. The second-order valence-electron chi connectivity index (χ2n) is 5.59. The van der Waals surface area contributed by atoms with E-state index in [4.69, 9.17) is 4.74 Å². The summed E-state index contributed by atoms with van der Waals surface area (Å²) in [4.78, 5) is 0. The fraction of sp³-hybridized carbons (Fsp3) is 0.600. The lowest BCUT2D eigenvalue weighted by Gasteiger charge is -2.27. The van der Waals surface area contributed by atoms with Gasteiger partial charge in [0.05, 0.1) is 5.60 Å². The summed E-state index contributed by atoms with van der Waals surface area (Å²) in [6.45, 7) is 10.7. The van der Waals surface area contributed by atoms with E-state index >= 15 is 0 Å². The van der Waals surface area contributed by atoms with Crippen molar-refractivity contribution in [2.75, 3.05) is 12.4 Å². The topological polar surface area (TPSA) is 21.3 Å². The lowest BCUT2D eigenvalue weighted by molar-refractivity contribution is 0.0128. The molecular weight excluding hydrogens is 210 g/mol. The summed E-state index contributed by atoms with van der Waals surface area (Å²) in [5.41, 5.74) is 3.71. The first kappa shape index (κ1) is 14.0. The van der Waals surface area contributed by atoms with E-state index in [1.165, 1.54) is 16.8 Å². The summed E-state index contributed by atoms with van der Waals surface area (Å²) in [5, 5.41) is 3.53. The van der Waals surface area contributed by atoms with E-state index in [0.29, 0.717) is 6.04 Å². The monoisotopic (exact) mass is 235 g/mol. The molecule has 0 bridgehead atoms. The van der Waals surface area contributed by atoms with Crippen molar-refractivity contribution in [1.29, 1.82) is 0 Å². The fourth-order valence-electron chi connectivity index (χ4n) is 2.21. The van der Waals surface area contributed by atoms with Crippen LogP contribution in [0.5, 0.6) is 0 Å². The van der Waals surface area contributed by atoms with Crippen LogP contribution in [0.1, 0.15) is 38.3 Å². The van der Waals surface area contributed by atoms with Gasteiger partial charge in [0, 0.05) is 18.8 Å². The molecule has 1 unspecified atom stereocenters. The molecule has 2 nitrogen and oxygen atoms in total. The highest BCUT2D eigenvalue weighted by molar-refractivity contribution is 5.48. The first-order valence-electron chi connectivity index (χ1n) is 6.22. The minimum Gasteiger partial charge on any atom is -0.382 e. The second kappa shape index (κ2) is 5.54. The van der Waals surface area contributed by atoms with Crippen LogP contribution in [-0.4, -0.2) is 18.8 Å². The second-order valence-corrected chi connectivity index (χ2v) is 5.59. The zero-order valence-electron chi connectivity index (χ0n) is 11.9. The number of nitrogens with one attached hydrogen (secondary N) is 1. The Morgan fingerprint density at radius 3 is 2.18 bits per heavy atom. The standard InChI is InChI=1S/C15H25NO/c1-11-7-12(2)9-14(8-11)16-13(3)10-15(4,5)17-6/h7-9,13,16H,10H2,1-6H3. The molecule has 17 heavy (non-hydrogen) atoms. The van der Waals surface area contributed by atoms with Gasteiger partial charge in [-0.15, -0.1) is 0 Å². The molecule has 1 aromatic carbocycles. The predicted molar refractivity (Wildman–Crippen MR) is 74.7 cm³/mol. The summed E-state index contributed by atoms with van der Waals surface area (Å²) in [6, 6.07) is 6.95. The zero-order valence-corrected chi connectivity index (χ0v) is 11.9. The van der Waals surface area contributed by atoms with E-state index in [0.717, 1.165) is 6.42 Å². The quantitative estimate of drug-likeness (QED) is 0.835. The molecule has 1 atom stereocenters. The zero-order chi connectivity index (χ0) is 13.1. The average Bonchev–Trinajstić information content (AvgIpc) is 2.14. The third kappa shape index (κ3) is 4.78. The van der Waals surface area contributed by atoms with Crippen molar-refractivity contribution in [2.24, 2.45) is 0 Å². The number of rotatable bonds is 5. The predicted octanol–water partition coefficient (Wildman–Crippen LogP) is 3.92. The van der Waals surface area contributed by atoms with Crippen LogP contribution in [0.3, 0.4) is 0 Å². The Kier molecular flexibility index (Phi) is 4.58. The Balaban J connectivity index is 2.65. The van der Waals surface area contributed by atoms with Crippen LogP contribution in [0.25, 0.3) is 0 Å². The maximum atomic E-state index is 5.45. The Bertz CT molecular complexity index is 351. The van der Waals surface area contributed by atoms with Gasteiger partial charge in [0.15, 0.2) is 0 Å². The summed E-state index contributed by atoms with van der Waals surface area (Å²) in [5.74, 6) is 0. The number of aryl methyl sites for hydroxylation is 2. The Morgan fingerprint density at radius 2 is 1.71 bits per heavy atom. The highest BCUT2D eigenvalue weighted by Gasteiger charge is 2.19. The van der Waals surface area contributed by atoms with Crippen molar-refractivity contribution in [3.63, 3.8) is 0 Å². The third-order valence-electron chi connectivity index (χ3n) is 2.99. The molecular formula is C15H25NO. The summed E-state index contributed by atoms with van der Waals surface area (Å²) in [6.07, 6.45) is 0.983. The summed E-state index contributed by atoms with van der Waals surface area (Å²) in [7, 11) is 1.77. The van der Waals surface area contributed by atoms with Gasteiger partial charge in [0.2, 0.25) is 0 Å². The minimum atomic E-state index is -0.0781. The molecule has 96 valence electrons. The van der Waals surface area contributed by atoms with E-state index < -0.39 is 0 Å². The smallest absolute Gasteiger partial charge is 0.0642 e. The van der Waals surface area contributed by atoms with Gasteiger partial charge in [0.25, 0.3) is 0 Å². The van der Waals surface area contributed by atoms with Gasteiger partial charge in [0.1, 0.15) is 0 Å². The molecule has 0 amide bonds. The van der Waals surface area contributed by atoms with Crippen molar-refractivity contribution < 1.29 is 4.74 Å². The molecule has 0 aliphatic carbocycles.